The number of thioether (sulfide) groups is 1. The van der Waals surface area contributed by atoms with Crippen LogP contribution in [-0.2, 0) is 0 Å². The number of halogens is 3. The van der Waals surface area contributed by atoms with Gasteiger partial charge in [-0.05, 0) is 36.8 Å². The summed E-state index contributed by atoms with van der Waals surface area (Å²) in [6, 6.07) is 5.50. The summed E-state index contributed by atoms with van der Waals surface area (Å²) in [7, 11) is 0. The quantitative estimate of drug-likeness (QED) is 0.701. The topological polar surface area (TPSA) is 78.4 Å². The Balaban J connectivity index is 1.94. The Morgan fingerprint density at radius 1 is 1.19 bits per heavy atom. The van der Waals surface area contributed by atoms with Crippen LogP contribution in [0.4, 0.5) is 19.3 Å². The summed E-state index contributed by atoms with van der Waals surface area (Å²) in [4.78, 5) is 23.9. The molecule has 0 radical (unpaired) electrons. The highest BCUT2D eigenvalue weighted by molar-refractivity contribution is 7.99. The molecule has 2 amide bonds. The lowest BCUT2D eigenvalue weighted by Crippen LogP contribution is -2.30. The molecule has 0 aromatic heterocycles. The van der Waals surface area contributed by atoms with E-state index >= 15 is 0 Å². The van der Waals surface area contributed by atoms with E-state index in [2.05, 4.69) is 10.6 Å². The zero-order chi connectivity index (χ0) is 18.8. The molecule has 2 aromatic rings. The fourth-order valence-electron chi connectivity index (χ4n) is 2.72. The second-order valence-electron chi connectivity index (χ2n) is 5.56. The van der Waals surface area contributed by atoms with Crippen molar-refractivity contribution in [3.63, 3.8) is 0 Å². The average molecular weight is 399 g/mol. The van der Waals surface area contributed by atoms with Gasteiger partial charge in [0.05, 0.1) is 16.6 Å². The van der Waals surface area contributed by atoms with Crippen molar-refractivity contribution in [3.8, 4) is 0 Å². The maximum atomic E-state index is 14.3. The van der Waals surface area contributed by atoms with Gasteiger partial charge in [0, 0.05) is 21.9 Å². The third-order valence-corrected chi connectivity index (χ3v) is 5.32. The van der Waals surface area contributed by atoms with E-state index < -0.39 is 29.7 Å². The summed E-state index contributed by atoms with van der Waals surface area (Å²) in [6.45, 7) is 0. The standard InChI is InChI=1S/C17H13ClF2N2O3S/c18-10-7-8(1-3-11(10)19)21-16(23)9-2-4-12(20)14-13(22-17(24)25)5-6-26-15(9)14/h1-4,7,13,22H,5-6H2,(H,21,23)(H,24,25)/t13-/m1/s1. The van der Waals surface area contributed by atoms with Gasteiger partial charge in [-0.2, -0.15) is 0 Å². The van der Waals surface area contributed by atoms with E-state index in [1.165, 1.54) is 30.0 Å². The molecule has 1 heterocycles. The van der Waals surface area contributed by atoms with E-state index in [9.17, 15) is 18.4 Å². The number of hydrogen-bond donors (Lipinski definition) is 3. The van der Waals surface area contributed by atoms with Crippen LogP contribution >= 0.6 is 23.4 Å². The number of hydrogen-bond acceptors (Lipinski definition) is 3. The van der Waals surface area contributed by atoms with Gasteiger partial charge < -0.3 is 15.7 Å². The van der Waals surface area contributed by atoms with Crippen LogP contribution in [0.25, 0.3) is 0 Å². The number of rotatable bonds is 3. The number of carbonyl (C=O) groups is 2. The molecule has 0 fully saturated rings. The lowest BCUT2D eigenvalue weighted by Gasteiger charge is -2.27. The molecule has 1 atom stereocenters. The first-order valence-corrected chi connectivity index (χ1v) is 8.94. The largest absolute Gasteiger partial charge is 0.465 e. The Hall–Kier alpha value is -2.32. The third kappa shape index (κ3) is 3.76. The highest BCUT2D eigenvalue weighted by atomic mass is 35.5. The van der Waals surface area contributed by atoms with Gasteiger partial charge in [0.15, 0.2) is 0 Å². The summed E-state index contributed by atoms with van der Waals surface area (Å²) in [5, 5.41) is 13.7. The van der Waals surface area contributed by atoms with Gasteiger partial charge in [0.25, 0.3) is 5.91 Å². The lowest BCUT2D eigenvalue weighted by atomic mass is 10.00. The maximum absolute atomic E-state index is 14.3. The van der Waals surface area contributed by atoms with Gasteiger partial charge in [-0.3, -0.25) is 4.79 Å². The van der Waals surface area contributed by atoms with E-state index in [1.54, 1.807) is 0 Å². The van der Waals surface area contributed by atoms with Gasteiger partial charge in [-0.25, -0.2) is 13.6 Å². The van der Waals surface area contributed by atoms with Crippen molar-refractivity contribution in [2.45, 2.75) is 17.4 Å². The maximum Gasteiger partial charge on any atom is 0.405 e. The van der Waals surface area contributed by atoms with Crippen molar-refractivity contribution in [2.24, 2.45) is 0 Å². The number of anilines is 1. The molecule has 0 spiro atoms. The molecule has 3 N–H and O–H groups in total. The molecular formula is C17H13ClF2N2O3S. The molecule has 3 rings (SSSR count). The highest BCUT2D eigenvalue weighted by Crippen LogP contribution is 2.40. The molecule has 0 saturated carbocycles. The monoisotopic (exact) mass is 398 g/mol. The van der Waals surface area contributed by atoms with Crippen LogP contribution in [-0.4, -0.2) is 22.9 Å². The van der Waals surface area contributed by atoms with Crippen LogP contribution in [0.15, 0.2) is 35.2 Å². The highest BCUT2D eigenvalue weighted by Gasteiger charge is 2.29. The van der Waals surface area contributed by atoms with Crippen molar-refractivity contribution in [1.82, 2.24) is 5.32 Å². The number of amides is 2. The molecule has 0 saturated heterocycles. The second kappa shape index (κ2) is 7.51. The van der Waals surface area contributed by atoms with Gasteiger partial charge in [0.2, 0.25) is 0 Å². The zero-order valence-electron chi connectivity index (χ0n) is 13.2. The summed E-state index contributed by atoms with van der Waals surface area (Å²) >= 11 is 6.99. The van der Waals surface area contributed by atoms with E-state index in [-0.39, 0.29) is 16.1 Å². The molecule has 9 heteroatoms. The van der Waals surface area contributed by atoms with E-state index in [1.807, 2.05) is 0 Å². The normalized spacial score (nSPS) is 15.9. The summed E-state index contributed by atoms with van der Waals surface area (Å²) in [5.41, 5.74) is 0.665. The first kappa shape index (κ1) is 18.5. The Morgan fingerprint density at radius 3 is 2.62 bits per heavy atom. The minimum Gasteiger partial charge on any atom is -0.465 e. The zero-order valence-corrected chi connectivity index (χ0v) is 14.8. The van der Waals surface area contributed by atoms with Crippen molar-refractivity contribution in [3.05, 3.63) is 58.1 Å². The fourth-order valence-corrected chi connectivity index (χ4v) is 4.17. The van der Waals surface area contributed by atoms with Crippen LogP contribution in [0.2, 0.25) is 5.02 Å². The van der Waals surface area contributed by atoms with Crippen molar-refractivity contribution >= 4 is 41.1 Å². The van der Waals surface area contributed by atoms with Crippen molar-refractivity contribution in [1.29, 1.82) is 0 Å². The Morgan fingerprint density at radius 2 is 1.92 bits per heavy atom. The van der Waals surface area contributed by atoms with Crippen molar-refractivity contribution < 1.29 is 23.5 Å². The minimum absolute atomic E-state index is 0.135. The first-order valence-electron chi connectivity index (χ1n) is 7.58. The third-order valence-electron chi connectivity index (χ3n) is 3.86. The molecule has 0 bridgehead atoms. The second-order valence-corrected chi connectivity index (χ2v) is 7.07. The molecule has 2 aromatic carbocycles. The van der Waals surface area contributed by atoms with Gasteiger partial charge >= 0.3 is 6.09 Å². The number of carbonyl (C=O) groups excluding carboxylic acids is 1. The SMILES string of the molecule is O=C(O)N[C@@H]1CCSc2c(C(=O)Nc3ccc(F)c(Cl)c3)ccc(F)c21. The van der Waals surface area contributed by atoms with Crippen molar-refractivity contribution in [2.75, 3.05) is 11.1 Å². The predicted octanol–water partition coefficient (Wildman–Crippen LogP) is 4.68. The number of benzene rings is 2. The Labute approximate surface area is 156 Å². The summed E-state index contributed by atoms with van der Waals surface area (Å²) < 4.78 is 27.5. The number of fused-ring (bicyclic) bond motifs is 1. The number of nitrogens with one attached hydrogen (secondary N) is 2. The molecule has 0 aliphatic carbocycles. The smallest absolute Gasteiger partial charge is 0.405 e. The molecule has 26 heavy (non-hydrogen) atoms. The fraction of sp³-hybridized carbons (Fsp3) is 0.176. The summed E-state index contributed by atoms with van der Waals surface area (Å²) in [5.74, 6) is -1.17. The first-order chi connectivity index (χ1) is 12.4. The molecule has 0 unspecified atom stereocenters. The van der Waals surface area contributed by atoms with Crippen LogP contribution in [0.3, 0.4) is 0 Å². The van der Waals surface area contributed by atoms with Crippen LogP contribution in [0, 0.1) is 11.6 Å². The van der Waals surface area contributed by atoms with Crippen LogP contribution < -0.4 is 10.6 Å². The van der Waals surface area contributed by atoms with Crippen LogP contribution in [0.1, 0.15) is 28.4 Å². The average Bonchev–Trinajstić information content (AvgIpc) is 2.58. The van der Waals surface area contributed by atoms with Gasteiger partial charge in [-0.15, -0.1) is 11.8 Å². The minimum atomic E-state index is -1.26. The molecular weight excluding hydrogens is 386 g/mol. The predicted molar refractivity (Wildman–Crippen MR) is 95.0 cm³/mol. The van der Waals surface area contributed by atoms with E-state index in [0.29, 0.717) is 22.8 Å². The van der Waals surface area contributed by atoms with Crippen LogP contribution in [0.5, 0.6) is 0 Å². The summed E-state index contributed by atoms with van der Waals surface area (Å²) in [6.07, 6.45) is -0.845. The lowest BCUT2D eigenvalue weighted by molar-refractivity contribution is 0.102. The van der Waals surface area contributed by atoms with Gasteiger partial charge in [0.1, 0.15) is 11.6 Å². The Kier molecular flexibility index (Phi) is 5.33. The van der Waals surface area contributed by atoms with E-state index in [0.717, 1.165) is 12.1 Å². The molecule has 1 aliphatic heterocycles. The molecule has 5 nitrogen and oxygen atoms in total. The Bertz CT molecular complexity index is 895. The number of carboxylic acid groups (broad SMARTS) is 1. The molecule has 136 valence electrons. The van der Waals surface area contributed by atoms with Gasteiger partial charge in [-0.1, -0.05) is 11.6 Å². The van der Waals surface area contributed by atoms with E-state index in [4.69, 9.17) is 16.7 Å². The molecule has 1 aliphatic rings.